The predicted octanol–water partition coefficient (Wildman–Crippen LogP) is 0.0141. The second kappa shape index (κ2) is 5.10. The van der Waals surface area contributed by atoms with Crippen LogP contribution in [-0.4, -0.2) is 32.6 Å². The number of ether oxygens (including phenoxy) is 1. The van der Waals surface area contributed by atoms with Crippen LogP contribution in [0.1, 0.15) is 0 Å². The molecule has 0 aromatic heterocycles. The predicted molar refractivity (Wildman–Crippen MR) is 30.9 cm³/mol. The fourth-order valence-electron chi connectivity index (χ4n) is 0.353. The third-order valence-electron chi connectivity index (χ3n) is 0.804. The minimum Gasteiger partial charge on any atom is -0.383 e. The maximum Gasteiger partial charge on any atom is 0.315 e. The van der Waals surface area contributed by atoms with E-state index in [0.29, 0.717) is 0 Å². The molecule has 0 saturated carbocycles. The first-order valence-electron chi connectivity index (χ1n) is 2.73. The highest BCUT2D eigenvalue weighted by Crippen LogP contribution is 1.89. The van der Waals surface area contributed by atoms with Crippen LogP contribution in [0.15, 0.2) is 0 Å². The number of methoxy groups -OCH3 is 1. The zero-order chi connectivity index (χ0) is 7.98. The maximum atomic E-state index is 11.4. The Morgan fingerprint density at radius 3 is 2.70 bits per heavy atom. The van der Waals surface area contributed by atoms with Crippen LogP contribution in [0.2, 0.25) is 0 Å². The van der Waals surface area contributed by atoms with Gasteiger partial charge in [0.1, 0.15) is 0 Å². The molecule has 0 spiro atoms. The van der Waals surface area contributed by atoms with E-state index in [2.05, 4.69) is 4.74 Å². The summed E-state index contributed by atoms with van der Waals surface area (Å²) in [5, 5.41) is 1.97. The molecule has 10 heavy (non-hydrogen) atoms. The van der Waals surface area contributed by atoms with Crippen LogP contribution in [-0.2, 0) is 9.53 Å². The summed E-state index contributed by atoms with van der Waals surface area (Å²) in [6.45, 7) is 0.373. The fraction of sp³-hybridized carbons (Fsp3) is 0.800. The van der Waals surface area contributed by atoms with Gasteiger partial charge in [-0.25, -0.2) is 0 Å². The zero-order valence-electron chi connectivity index (χ0n) is 5.56. The summed E-state index contributed by atoms with van der Waals surface area (Å²) < 4.78 is 27.3. The van der Waals surface area contributed by atoms with Gasteiger partial charge in [-0.15, -0.1) is 0 Å². The molecule has 1 amide bonds. The lowest BCUT2D eigenvalue weighted by atomic mass is 10.6. The quantitative estimate of drug-likeness (QED) is 0.578. The van der Waals surface area contributed by atoms with E-state index in [1.54, 1.807) is 0 Å². The van der Waals surface area contributed by atoms with Crippen molar-refractivity contribution in [1.29, 1.82) is 0 Å². The van der Waals surface area contributed by atoms with Crippen molar-refractivity contribution in [2.45, 2.75) is 6.43 Å². The lowest BCUT2D eigenvalue weighted by molar-refractivity contribution is -0.131. The summed E-state index contributed by atoms with van der Waals surface area (Å²) in [7, 11) is 1.43. The van der Waals surface area contributed by atoms with Crippen LogP contribution in [0.3, 0.4) is 0 Å². The molecule has 0 aliphatic carbocycles. The molecule has 0 aromatic carbocycles. The Hall–Kier alpha value is -0.710. The van der Waals surface area contributed by atoms with Gasteiger partial charge in [-0.05, 0) is 0 Å². The highest BCUT2D eigenvalue weighted by Gasteiger charge is 2.12. The normalized spacial score (nSPS) is 10.0. The number of hydrogen-bond acceptors (Lipinski definition) is 2. The van der Waals surface area contributed by atoms with E-state index in [1.807, 2.05) is 5.32 Å². The van der Waals surface area contributed by atoms with Gasteiger partial charge in [-0.3, -0.25) is 4.79 Å². The van der Waals surface area contributed by atoms with E-state index in [0.717, 1.165) is 0 Å². The van der Waals surface area contributed by atoms with E-state index in [1.165, 1.54) is 7.11 Å². The van der Waals surface area contributed by atoms with Crippen LogP contribution in [0, 0.1) is 0 Å². The van der Waals surface area contributed by atoms with Gasteiger partial charge in [0.25, 0.3) is 5.91 Å². The Morgan fingerprint density at radius 2 is 2.30 bits per heavy atom. The zero-order valence-corrected chi connectivity index (χ0v) is 5.56. The maximum absolute atomic E-state index is 11.4. The summed E-state index contributed by atoms with van der Waals surface area (Å²) >= 11 is 0. The number of alkyl halides is 2. The number of halogens is 2. The first-order chi connectivity index (χ1) is 4.68. The third kappa shape index (κ3) is 4.20. The van der Waals surface area contributed by atoms with Crippen molar-refractivity contribution in [3.05, 3.63) is 0 Å². The molecule has 1 N–H and O–H groups in total. The number of hydrogen-bond donors (Lipinski definition) is 1. The molecule has 0 heterocycles. The van der Waals surface area contributed by atoms with Crippen molar-refractivity contribution in [3.8, 4) is 0 Å². The minimum atomic E-state index is -2.93. The van der Waals surface area contributed by atoms with Gasteiger partial charge in [0.05, 0.1) is 6.61 Å². The molecule has 0 aliphatic heterocycles. The monoisotopic (exact) mass is 153 g/mol. The van der Waals surface area contributed by atoms with Crippen LogP contribution in [0.4, 0.5) is 8.78 Å². The second-order valence-corrected chi connectivity index (χ2v) is 1.58. The second-order valence-electron chi connectivity index (χ2n) is 1.58. The Balaban J connectivity index is 3.22. The first-order valence-corrected chi connectivity index (χ1v) is 2.73. The molecule has 0 unspecified atom stereocenters. The molecule has 0 aliphatic rings. The molecule has 0 rings (SSSR count). The molecule has 0 aromatic rings. The summed E-state index contributed by atoms with van der Waals surface area (Å²) in [6.07, 6.45) is -2.93. The number of carbonyl (C=O) groups excluding carboxylic acids is 1. The molecule has 3 nitrogen and oxygen atoms in total. The molecule has 0 fully saturated rings. The van der Waals surface area contributed by atoms with Crippen LogP contribution in [0.5, 0.6) is 0 Å². The molecular formula is C5H9F2NO2. The highest BCUT2D eigenvalue weighted by molar-refractivity contribution is 5.78. The lowest BCUT2D eigenvalue weighted by Crippen LogP contribution is -2.31. The molecular weight excluding hydrogens is 144 g/mol. The fourth-order valence-corrected chi connectivity index (χ4v) is 0.353. The van der Waals surface area contributed by atoms with Crippen molar-refractivity contribution < 1.29 is 18.3 Å². The Kier molecular flexibility index (Phi) is 4.74. The van der Waals surface area contributed by atoms with Crippen LogP contribution in [0.25, 0.3) is 0 Å². The average Bonchev–Trinajstić information content (AvgIpc) is 1.88. The Morgan fingerprint density at radius 1 is 1.70 bits per heavy atom. The molecule has 5 heteroatoms. The summed E-state index contributed by atoms with van der Waals surface area (Å²) in [4.78, 5) is 10.1. The van der Waals surface area contributed by atoms with Gasteiger partial charge in [-0.2, -0.15) is 8.78 Å². The van der Waals surface area contributed by atoms with Crippen LogP contribution >= 0.6 is 0 Å². The number of nitrogens with one attached hydrogen (secondary N) is 1. The van der Waals surface area contributed by atoms with E-state index in [-0.39, 0.29) is 13.2 Å². The molecule has 0 saturated heterocycles. The minimum absolute atomic E-state index is 0.125. The van der Waals surface area contributed by atoms with Crippen molar-refractivity contribution in [2.24, 2.45) is 0 Å². The Bertz CT molecular complexity index is 108. The summed E-state index contributed by atoms with van der Waals surface area (Å²) in [5.41, 5.74) is 0. The topological polar surface area (TPSA) is 38.3 Å². The number of carbonyl (C=O) groups is 1. The van der Waals surface area contributed by atoms with Crippen molar-refractivity contribution >= 4 is 5.91 Å². The van der Waals surface area contributed by atoms with Gasteiger partial charge in [-0.1, -0.05) is 0 Å². The number of rotatable bonds is 4. The number of amides is 1. The van der Waals surface area contributed by atoms with E-state index >= 15 is 0 Å². The van der Waals surface area contributed by atoms with E-state index < -0.39 is 12.3 Å². The van der Waals surface area contributed by atoms with Gasteiger partial charge in [0.2, 0.25) is 0 Å². The van der Waals surface area contributed by atoms with Gasteiger partial charge < -0.3 is 10.1 Å². The largest absolute Gasteiger partial charge is 0.383 e. The first kappa shape index (κ1) is 9.29. The van der Waals surface area contributed by atoms with Crippen LogP contribution < -0.4 is 5.32 Å². The SMILES string of the molecule is COCCNC(=O)C(F)F. The molecule has 0 bridgehead atoms. The van der Waals surface area contributed by atoms with Gasteiger partial charge in [0.15, 0.2) is 0 Å². The average molecular weight is 153 g/mol. The third-order valence-corrected chi connectivity index (χ3v) is 0.804. The summed E-state index contributed by atoms with van der Waals surface area (Å²) in [5.74, 6) is -1.25. The standard InChI is InChI=1S/C5H9F2NO2/c1-10-3-2-8-5(9)4(6)7/h4H,2-3H2,1H3,(H,8,9). The molecule has 0 radical (unpaired) electrons. The summed E-state index contributed by atoms with van der Waals surface area (Å²) in [6, 6.07) is 0. The van der Waals surface area contributed by atoms with Crippen molar-refractivity contribution in [2.75, 3.05) is 20.3 Å². The molecule has 0 atom stereocenters. The van der Waals surface area contributed by atoms with E-state index in [4.69, 9.17) is 0 Å². The Labute approximate surface area is 57.4 Å². The highest BCUT2D eigenvalue weighted by atomic mass is 19.3. The van der Waals surface area contributed by atoms with Gasteiger partial charge in [0, 0.05) is 13.7 Å². The molecule has 60 valence electrons. The van der Waals surface area contributed by atoms with Crippen molar-refractivity contribution in [1.82, 2.24) is 5.32 Å². The van der Waals surface area contributed by atoms with E-state index in [9.17, 15) is 13.6 Å². The van der Waals surface area contributed by atoms with Gasteiger partial charge >= 0.3 is 6.43 Å². The van der Waals surface area contributed by atoms with Crippen molar-refractivity contribution in [3.63, 3.8) is 0 Å². The smallest absolute Gasteiger partial charge is 0.315 e. The lowest BCUT2D eigenvalue weighted by Gasteiger charge is -2.01.